The molecule has 0 bridgehead atoms. The second-order valence-electron chi connectivity index (χ2n) is 7.88. The Bertz CT molecular complexity index is 815. The quantitative estimate of drug-likeness (QED) is 0.333. The molecule has 0 atom stereocenters. The molecule has 1 N–H and O–H groups in total. The highest BCUT2D eigenvalue weighted by molar-refractivity contribution is 14.0. The molecule has 8 heteroatoms. The lowest BCUT2D eigenvalue weighted by Crippen LogP contribution is -2.38. The molecular formula is C21H33IN6O. The van der Waals surface area contributed by atoms with Crippen LogP contribution in [0.25, 0.3) is 0 Å². The summed E-state index contributed by atoms with van der Waals surface area (Å²) in [6, 6.07) is 4.00. The van der Waals surface area contributed by atoms with Crippen LogP contribution in [0.15, 0.2) is 29.5 Å². The van der Waals surface area contributed by atoms with Gasteiger partial charge in [0, 0.05) is 58.3 Å². The Morgan fingerprint density at radius 3 is 2.83 bits per heavy atom. The van der Waals surface area contributed by atoms with Crippen LogP contribution >= 0.6 is 24.0 Å². The lowest BCUT2D eigenvalue weighted by molar-refractivity contribution is 0.288. The standard InChI is InChI=1S/C21H32N6O.HI/c1-15(2)20-18(13-27(5)25-20)12-26(4)21(22-3)24-11-17-8-9-23-19(10-17)28-14-16-6-7-16;/h8-10,13,15-16H,6-7,11-12,14H2,1-5H3,(H,22,24);1H. The molecule has 7 nitrogen and oxygen atoms in total. The molecule has 0 amide bonds. The summed E-state index contributed by atoms with van der Waals surface area (Å²) in [5.74, 6) is 2.66. The Hall–Kier alpha value is -1.84. The van der Waals surface area contributed by atoms with Crippen LogP contribution in [0.5, 0.6) is 5.88 Å². The van der Waals surface area contributed by atoms with Gasteiger partial charge >= 0.3 is 0 Å². The van der Waals surface area contributed by atoms with Crippen LogP contribution in [0.3, 0.4) is 0 Å². The van der Waals surface area contributed by atoms with E-state index in [4.69, 9.17) is 4.74 Å². The number of aliphatic imine (C=N–C) groups is 1. The number of pyridine rings is 1. The predicted octanol–water partition coefficient (Wildman–Crippen LogP) is 3.55. The van der Waals surface area contributed by atoms with Crippen LogP contribution in [-0.2, 0) is 20.1 Å². The Morgan fingerprint density at radius 2 is 2.17 bits per heavy atom. The largest absolute Gasteiger partial charge is 0.477 e. The number of aryl methyl sites for hydroxylation is 1. The second kappa shape index (κ2) is 10.8. The second-order valence-corrected chi connectivity index (χ2v) is 7.88. The number of rotatable bonds is 8. The fourth-order valence-electron chi connectivity index (χ4n) is 3.19. The van der Waals surface area contributed by atoms with E-state index in [0.29, 0.717) is 18.3 Å². The maximum atomic E-state index is 5.78. The van der Waals surface area contributed by atoms with Gasteiger partial charge in [-0.1, -0.05) is 13.8 Å². The molecule has 1 saturated carbocycles. The number of guanidine groups is 1. The summed E-state index contributed by atoms with van der Waals surface area (Å²) in [6.07, 6.45) is 6.44. The first-order valence-corrected chi connectivity index (χ1v) is 9.98. The summed E-state index contributed by atoms with van der Waals surface area (Å²) in [5, 5.41) is 8.03. The van der Waals surface area contributed by atoms with E-state index in [0.717, 1.165) is 36.3 Å². The van der Waals surface area contributed by atoms with Gasteiger partial charge in [0.05, 0.1) is 12.3 Å². The zero-order valence-corrected chi connectivity index (χ0v) is 20.4. The molecule has 0 saturated heterocycles. The third-order valence-electron chi connectivity index (χ3n) is 4.88. The average molecular weight is 512 g/mol. The van der Waals surface area contributed by atoms with Crippen LogP contribution in [0.4, 0.5) is 0 Å². The van der Waals surface area contributed by atoms with E-state index in [9.17, 15) is 0 Å². The zero-order chi connectivity index (χ0) is 20.1. The zero-order valence-electron chi connectivity index (χ0n) is 18.1. The van der Waals surface area contributed by atoms with Crippen molar-refractivity contribution >= 4 is 29.9 Å². The summed E-state index contributed by atoms with van der Waals surface area (Å²) in [4.78, 5) is 10.9. The van der Waals surface area contributed by atoms with Gasteiger partial charge in [0.1, 0.15) is 0 Å². The minimum Gasteiger partial charge on any atom is -0.477 e. The van der Waals surface area contributed by atoms with Crippen LogP contribution in [-0.4, -0.2) is 46.3 Å². The van der Waals surface area contributed by atoms with Gasteiger partial charge < -0.3 is 15.0 Å². The predicted molar refractivity (Wildman–Crippen MR) is 127 cm³/mol. The Kier molecular flexibility index (Phi) is 8.73. The fraction of sp³-hybridized carbons (Fsp3) is 0.571. The topological polar surface area (TPSA) is 67.6 Å². The van der Waals surface area contributed by atoms with E-state index in [1.807, 2.05) is 38.0 Å². The summed E-state index contributed by atoms with van der Waals surface area (Å²) in [5.41, 5.74) is 3.48. The van der Waals surface area contributed by atoms with Crippen molar-refractivity contribution < 1.29 is 4.74 Å². The number of halogens is 1. The smallest absolute Gasteiger partial charge is 0.213 e. The van der Waals surface area contributed by atoms with Gasteiger partial charge in [-0.25, -0.2) is 4.98 Å². The van der Waals surface area contributed by atoms with E-state index in [1.54, 1.807) is 6.20 Å². The lowest BCUT2D eigenvalue weighted by Gasteiger charge is -2.22. The molecule has 0 radical (unpaired) electrons. The molecule has 0 aromatic carbocycles. The van der Waals surface area contributed by atoms with Gasteiger partial charge in [-0.15, -0.1) is 24.0 Å². The van der Waals surface area contributed by atoms with Gasteiger partial charge in [0.15, 0.2) is 5.96 Å². The molecule has 1 fully saturated rings. The highest BCUT2D eigenvalue weighted by atomic mass is 127. The van der Waals surface area contributed by atoms with E-state index in [-0.39, 0.29) is 24.0 Å². The van der Waals surface area contributed by atoms with Gasteiger partial charge in [0.25, 0.3) is 0 Å². The monoisotopic (exact) mass is 512 g/mol. The summed E-state index contributed by atoms with van der Waals surface area (Å²) in [7, 11) is 5.82. The first-order chi connectivity index (χ1) is 13.5. The minimum atomic E-state index is 0. The normalized spacial score (nSPS) is 13.9. The number of hydrogen-bond acceptors (Lipinski definition) is 4. The van der Waals surface area contributed by atoms with Gasteiger partial charge in [-0.05, 0) is 36.3 Å². The third-order valence-corrected chi connectivity index (χ3v) is 4.88. The molecule has 3 rings (SSSR count). The lowest BCUT2D eigenvalue weighted by atomic mass is 10.1. The first kappa shape index (κ1) is 23.4. The molecule has 29 heavy (non-hydrogen) atoms. The van der Waals surface area contributed by atoms with Crippen molar-refractivity contribution in [2.24, 2.45) is 18.0 Å². The SMILES string of the molecule is CN=C(NCc1ccnc(OCC2CC2)c1)N(C)Cc1cn(C)nc1C(C)C.I. The molecule has 1 aliphatic carbocycles. The van der Waals surface area contributed by atoms with E-state index >= 15 is 0 Å². The fourth-order valence-corrected chi connectivity index (χ4v) is 3.19. The number of ether oxygens (including phenoxy) is 1. The van der Waals surface area contributed by atoms with Gasteiger partial charge in [-0.2, -0.15) is 5.10 Å². The summed E-state index contributed by atoms with van der Waals surface area (Å²) >= 11 is 0. The Balaban J connectivity index is 0.00000300. The van der Waals surface area contributed by atoms with Crippen LogP contribution < -0.4 is 10.1 Å². The molecule has 1 aliphatic rings. The molecule has 160 valence electrons. The maximum Gasteiger partial charge on any atom is 0.213 e. The van der Waals surface area contributed by atoms with E-state index < -0.39 is 0 Å². The van der Waals surface area contributed by atoms with Crippen molar-refractivity contribution in [2.45, 2.75) is 45.7 Å². The van der Waals surface area contributed by atoms with Crippen molar-refractivity contribution in [1.82, 2.24) is 25.0 Å². The average Bonchev–Trinajstić information content (AvgIpc) is 3.42. The van der Waals surface area contributed by atoms with Crippen LogP contribution in [0, 0.1) is 5.92 Å². The number of aromatic nitrogens is 3. The van der Waals surface area contributed by atoms with Crippen molar-refractivity contribution in [3.05, 3.63) is 41.3 Å². The molecule has 2 aromatic rings. The molecule has 2 aromatic heterocycles. The van der Waals surface area contributed by atoms with Crippen molar-refractivity contribution in [3.63, 3.8) is 0 Å². The Morgan fingerprint density at radius 1 is 1.41 bits per heavy atom. The number of hydrogen-bond donors (Lipinski definition) is 1. The molecule has 0 spiro atoms. The van der Waals surface area contributed by atoms with Crippen LogP contribution in [0.2, 0.25) is 0 Å². The van der Waals surface area contributed by atoms with E-state index in [2.05, 4.69) is 45.3 Å². The molecule has 2 heterocycles. The molecular weight excluding hydrogens is 479 g/mol. The highest BCUT2D eigenvalue weighted by Crippen LogP contribution is 2.29. The van der Waals surface area contributed by atoms with E-state index in [1.165, 1.54) is 18.4 Å². The third kappa shape index (κ3) is 6.87. The van der Waals surface area contributed by atoms with Gasteiger partial charge in [-0.3, -0.25) is 9.67 Å². The maximum absolute atomic E-state index is 5.78. The summed E-state index contributed by atoms with van der Waals surface area (Å²) < 4.78 is 7.66. The van der Waals surface area contributed by atoms with Crippen LogP contribution in [0.1, 0.15) is 49.4 Å². The highest BCUT2D eigenvalue weighted by Gasteiger charge is 2.22. The Labute approximate surface area is 191 Å². The molecule has 0 unspecified atom stereocenters. The minimum absolute atomic E-state index is 0. The number of nitrogens with zero attached hydrogens (tertiary/aromatic N) is 5. The van der Waals surface area contributed by atoms with Crippen molar-refractivity contribution in [1.29, 1.82) is 0 Å². The first-order valence-electron chi connectivity index (χ1n) is 9.98. The van der Waals surface area contributed by atoms with Crippen molar-refractivity contribution in [2.75, 3.05) is 20.7 Å². The summed E-state index contributed by atoms with van der Waals surface area (Å²) in [6.45, 7) is 6.55. The van der Waals surface area contributed by atoms with Crippen molar-refractivity contribution in [3.8, 4) is 5.88 Å². The van der Waals surface area contributed by atoms with Gasteiger partial charge in [0.2, 0.25) is 5.88 Å². The number of nitrogens with one attached hydrogen (secondary N) is 1. The molecule has 0 aliphatic heterocycles.